The van der Waals surface area contributed by atoms with E-state index in [-0.39, 0.29) is 0 Å². The summed E-state index contributed by atoms with van der Waals surface area (Å²) >= 11 is 0. The van der Waals surface area contributed by atoms with Crippen LogP contribution in [0.3, 0.4) is 0 Å². The average molecular weight is 327 g/mol. The number of imidazole rings is 1. The second kappa shape index (κ2) is 6.75. The number of aliphatic hydroxyl groups excluding tert-OH is 1. The van der Waals surface area contributed by atoms with Crippen LogP contribution in [0.5, 0.6) is 0 Å². The van der Waals surface area contributed by atoms with Gasteiger partial charge in [-0.25, -0.2) is 4.98 Å². The van der Waals surface area contributed by atoms with Gasteiger partial charge in [-0.15, -0.1) is 0 Å². The topological polar surface area (TPSA) is 59.1 Å². The van der Waals surface area contributed by atoms with E-state index in [1.165, 1.54) is 11.1 Å². The van der Waals surface area contributed by atoms with Gasteiger partial charge in [0.15, 0.2) is 0 Å². The smallest absolute Gasteiger partial charge is 0.0959 e. The maximum atomic E-state index is 10.4. The van der Waals surface area contributed by atoms with Crippen LogP contribution in [0.25, 0.3) is 11.0 Å². The fraction of sp³-hybridized carbons (Fsp3) is 0.444. The van der Waals surface area contributed by atoms with Gasteiger partial charge in [0.25, 0.3) is 0 Å². The van der Waals surface area contributed by atoms with Gasteiger partial charge in [-0.1, -0.05) is 0 Å². The van der Waals surface area contributed by atoms with Gasteiger partial charge < -0.3 is 9.67 Å². The predicted octanol–water partition coefficient (Wildman–Crippen LogP) is 1.88. The Bertz CT molecular complexity index is 835. The minimum absolute atomic E-state index is 0.453. The molecule has 0 aliphatic carbocycles. The van der Waals surface area contributed by atoms with E-state index in [1.54, 1.807) is 4.68 Å². The molecule has 0 aliphatic rings. The summed E-state index contributed by atoms with van der Waals surface area (Å²) in [6.07, 6.45) is 5.22. The van der Waals surface area contributed by atoms with Crippen molar-refractivity contribution in [3.05, 3.63) is 47.5 Å². The highest BCUT2D eigenvalue weighted by molar-refractivity contribution is 5.77. The average Bonchev–Trinajstić information content (AvgIpc) is 3.07. The van der Waals surface area contributed by atoms with Crippen LogP contribution in [-0.4, -0.2) is 49.0 Å². The molecule has 0 unspecified atom stereocenters. The van der Waals surface area contributed by atoms with Crippen LogP contribution in [0, 0.1) is 13.8 Å². The first-order valence-corrected chi connectivity index (χ1v) is 8.18. The Morgan fingerprint density at radius 3 is 2.71 bits per heavy atom. The maximum absolute atomic E-state index is 10.4. The molecule has 0 aliphatic heterocycles. The monoisotopic (exact) mass is 327 g/mol. The lowest BCUT2D eigenvalue weighted by atomic mass is 10.1. The lowest BCUT2D eigenvalue weighted by molar-refractivity contribution is 0.108. The summed E-state index contributed by atoms with van der Waals surface area (Å²) in [4.78, 5) is 6.56. The van der Waals surface area contributed by atoms with E-state index in [9.17, 15) is 5.11 Å². The van der Waals surface area contributed by atoms with Gasteiger partial charge in [0.05, 0.1) is 36.2 Å². The second-order valence-corrected chi connectivity index (χ2v) is 6.69. The van der Waals surface area contributed by atoms with Crippen LogP contribution < -0.4 is 0 Å². The Morgan fingerprint density at radius 1 is 1.25 bits per heavy atom. The first-order chi connectivity index (χ1) is 11.4. The number of benzene rings is 1. The van der Waals surface area contributed by atoms with Crippen LogP contribution >= 0.6 is 0 Å². The molecule has 1 N–H and O–H groups in total. The number of likely N-dealkylation sites (N-methyl/N-ethyl adjacent to an activating group) is 1. The molecule has 0 radical (unpaired) electrons. The summed E-state index contributed by atoms with van der Waals surface area (Å²) in [6, 6.07) is 4.24. The molecule has 1 atom stereocenters. The molecule has 0 saturated carbocycles. The molecular weight excluding hydrogens is 302 g/mol. The molecule has 6 heteroatoms. The van der Waals surface area contributed by atoms with Gasteiger partial charge in [-0.05, 0) is 44.2 Å². The zero-order chi connectivity index (χ0) is 17.3. The van der Waals surface area contributed by atoms with Crippen molar-refractivity contribution >= 4 is 11.0 Å². The molecule has 0 fully saturated rings. The van der Waals surface area contributed by atoms with Gasteiger partial charge in [0, 0.05) is 31.9 Å². The number of hydrogen-bond donors (Lipinski definition) is 1. The lowest BCUT2D eigenvalue weighted by Gasteiger charge is -2.20. The fourth-order valence-corrected chi connectivity index (χ4v) is 3.03. The van der Waals surface area contributed by atoms with E-state index in [1.807, 2.05) is 37.4 Å². The van der Waals surface area contributed by atoms with E-state index in [4.69, 9.17) is 0 Å². The van der Waals surface area contributed by atoms with Crippen molar-refractivity contribution < 1.29 is 5.11 Å². The van der Waals surface area contributed by atoms with Crippen molar-refractivity contribution in [2.45, 2.75) is 33.0 Å². The normalized spacial score (nSPS) is 13.1. The SMILES string of the molecule is Cc1cc2ncn(C[C@@H](O)CN(C)Cc3cnn(C)c3)c2cc1C. The van der Waals surface area contributed by atoms with Gasteiger partial charge in [0.1, 0.15) is 0 Å². The molecule has 3 aromatic rings. The van der Waals surface area contributed by atoms with Crippen LogP contribution in [0.15, 0.2) is 30.9 Å². The summed E-state index contributed by atoms with van der Waals surface area (Å²) in [7, 11) is 3.92. The molecule has 6 nitrogen and oxygen atoms in total. The largest absolute Gasteiger partial charge is 0.390 e. The molecule has 0 spiro atoms. The molecule has 1 aromatic carbocycles. The van der Waals surface area contributed by atoms with Crippen molar-refractivity contribution in [1.29, 1.82) is 0 Å². The number of hydrogen-bond acceptors (Lipinski definition) is 4. The lowest BCUT2D eigenvalue weighted by Crippen LogP contribution is -2.31. The van der Waals surface area contributed by atoms with E-state index in [0.29, 0.717) is 13.1 Å². The number of nitrogens with zero attached hydrogens (tertiary/aromatic N) is 5. The Kier molecular flexibility index (Phi) is 4.69. The van der Waals surface area contributed by atoms with Crippen molar-refractivity contribution in [2.75, 3.05) is 13.6 Å². The molecule has 2 aromatic heterocycles. The van der Waals surface area contributed by atoms with E-state index in [2.05, 4.69) is 41.0 Å². The number of rotatable bonds is 6. The number of aryl methyl sites for hydroxylation is 3. The summed E-state index contributed by atoms with van der Waals surface area (Å²) in [5.74, 6) is 0. The van der Waals surface area contributed by atoms with Crippen LogP contribution in [-0.2, 0) is 20.1 Å². The minimum atomic E-state index is -0.453. The number of aromatic nitrogens is 4. The highest BCUT2D eigenvalue weighted by atomic mass is 16.3. The van der Waals surface area contributed by atoms with Crippen LogP contribution in [0.2, 0.25) is 0 Å². The molecular formula is C18H25N5O. The fourth-order valence-electron chi connectivity index (χ4n) is 3.03. The highest BCUT2D eigenvalue weighted by Gasteiger charge is 2.13. The van der Waals surface area contributed by atoms with Crippen molar-refractivity contribution in [3.63, 3.8) is 0 Å². The summed E-state index contributed by atoms with van der Waals surface area (Å²) < 4.78 is 3.83. The molecule has 128 valence electrons. The highest BCUT2D eigenvalue weighted by Crippen LogP contribution is 2.18. The number of fused-ring (bicyclic) bond motifs is 1. The minimum Gasteiger partial charge on any atom is -0.390 e. The van der Waals surface area contributed by atoms with Crippen LogP contribution in [0.1, 0.15) is 16.7 Å². The van der Waals surface area contributed by atoms with E-state index >= 15 is 0 Å². The quantitative estimate of drug-likeness (QED) is 0.751. The summed E-state index contributed by atoms with van der Waals surface area (Å²) in [6.45, 7) is 6.10. The van der Waals surface area contributed by atoms with Crippen molar-refractivity contribution in [2.24, 2.45) is 7.05 Å². The molecule has 3 rings (SSSR count). The van der Waals surface area contributed by atoms with Gasteiger partial charge in [-0.3, -0.25) is 9.58 Å². The molecule has 0 amide bonds. The Hall–Kier alpha value is -2.18. The van der Waals surface area contributed by atoms with Gasteiger partial charge >= 0.3 is 0 Å². The predicted molar refractivity (Wildman–Crippen MR) is 94.8 cm³/mol. The zero-order valence-corrected chi connectivity index (χ0v) is 14.8. The Balaban J connectivity index is 1.64. The molecule has 0 saturated heterocycles. The Morgan fingerprint density at radius 2 is 2.00 bits per heavy atom. The second-order valence-electron chi connectivity index (χ2n) is 6.69. The molecule has 2 heterocycles. The van der Waals surface area contributed by atoms with Crippen LogP contribution in [0.4, 0.5) is 0 Å². The molecule has 0 bridgehead atoms. The van der Waals surface area contributed by atoms with Crippen molar-refractivity contribution in [3.8, 4) is 0 Å². The third kappa shape index (κ3) is 3.66. The third-order valence-electron chi connectivity index (χ3n) is 4.38. The van der Waals surface area contributed by atoms with E-state index in [0.717, 1.165) is 23.1 Å². The number of aliphatic hydroxyl groups is 1. The van der Waals surface area contributed by atoms with E-state index < -0.39 is 6.10 Å². The van der Waals surface area contributed by atoms with Gasteiger partial charge in [0.2, 0.25) is 0 Å². The first kappa shape index (κ1) is 16.7. The standard InChI is InChI=1S/C18H25N5O/c1-13-5-17-18(6-14(13)2)23(12-19-17)11-16(24)10-21(3)8-15-7-20-22(4)9-15/h5-7,9,12,16,24H,8,10-11H2,1-4H3/t16-/m0/s1. The third-order valence-corrected chi connectivity index (χ3v) is 4.38. The van der Waals surface area contributed by atoms with Crippen molar-refractivity contribution in [1.82, 2.24) is 24.2 Å². The summed E-state index contributed by atoms with van der Waals surface area (Å²) in [5, 5.41) is 14.6. The molecule has 24 heavy (non-hydrogen) atoms. The maximum Gasteiger partial charge on any atom is 0.0959 e. The Labute approximate surface area is 142 Å². The summed E-state index contributed by atoms with van der Waals surface area (Å²) in [5.41, 5.74) is 5.68. The van der Waals surface area contributed by atoms with Gasteiger partial charge in [-0.2, -0.15) is 5.10 Å². The zero-order valence-electron chi connectivity index (χ0n) is 14.8. The first-order valence-electron chi connectivity index (χ1n) is 8.18.